The largest absolute Gasteiger partial charge is 0.480 e. The van der Waals surface area contributed by atoms with Gasteiger partial charge in [-0.2, -0.15) is 0 Å². The molecule has 14 nitrogen and oxygen atoms in total. The van der Waals surface area contributed by atoms with E-state index < -0.39 is 41.8 Å². The van der Waals surface area contributed by atoms with E-state index in [0.717, 1.165) is 0 Å². The highest BCUT2D eigenvalue weighted by atomic mass is 16.5. The predicted octanol–water partition coefficient (Wildman–Crippen LogP) is 1.71. The van der Waals surface area contributed by atoms with Gasteiger partial charge in [0.25, 0.3) is 0 Å². The molecule has 45 heavy (non-hydrogen) atoms. The summed E-state index contributed by atoms with van der Waals surface area (Å²) in [5.74, 6) is -3.86. The lowest BCUT2D eigenvalue weighted by atomic mass is 9.96. The van der Waals surface area contributed by atoms with Crippen LogP contribution in [0.5, 0.6) is 0 Å². The first kappa shape index (κ1) is 41.7. The third-order valence-corrected chi connectivity index (χ3v) is 7.43. The second-order valence-corrected chi connectivity index (χ2v) is 11.9. The van der Waals surface area contributed by atoms with Gasteiger partial charge in [0.05, 0.1) is 19.8 Å². The van der Waals surface area contributed by atoms with E-state index in [2.05, 4.69) is 42.0 Å². The first-order valence-electron chi connectivity index (χ1n) is 15.9. The number of carboxylic acids is 2. The summed E-state index contributed by atoms with van der Waals surface area (Å²) in [6, 6.07) is -2.60. The summed E-state index contributed by atoms with van der Waals surface area (Å²) in [4.78, 5) is 72.1. The highest BCUT2D eigenvalue weighted by molar-refractivity contribution is 5.86. The van der Waals surface area contributed by atoms with Gasteiger partial charge in [-0.3, -0.25) is 19.2 Å². The van der Waals surface area contributed by atoms with Crippen molar-refractivity contribution in [1.82, 2.24) is 21.3 Å². The molecule has 0 aliphatic carbocycles. The number of rotatable bonds is 26. The molecule has 0 bridgehead atoms. The standard InChI is InChI=1S/C31H56N4O10/c1-7-23(29(39)33-15-16-44-17-18-45-19-22(6)20(2)3)10-11-24(30(40)41)35-27(37)13-12-25(31(42)43)34-26(36)9-8-14-32-28(38)21(4)5/h20-25H,7-19H2,1-6H3,(H,32,38)(H,33,39)(H,34,36)(H,35,37)(H,40,41)(H,42,43)/t22?,23?,24-,25-/m0/s1. The van der Waals surface area contributed by atoms with Crippen molar-refractivity contribution in [3.63, 3.8) is 0 Å². The van der Waals surface area contributed by atoms with Crippen LogP contribution in [0.2, 0.25) is 0 Å². The minimum atomic E-state index is -1.34. The van der Waals surface area contributed by atoms with Crippen molar-refractivity contribution >= 4 is 35.6 Å². The number of hydrogen-bond acceptors (Lipinski definition) is 8. The zero-order valence-electron chi connectivity index (χ0n) is 27.8. The van der Waals surface area contributed by atoms with Crippen molar-refractivity contribution in [2.75, 3.05) is 39.5 Å². The molecule has 0 saturated heterocycles. The quantitative estimate of drug-likeness (QED) is 0.0751. The first-order valence-corrected chi connectivity index (χ1v) is 15.9. The van der Waals surface area contributed by atoms with Gasteiger partial charge >= 0.3 is 11.9 Å². The molecule has 0 radical (unpaired) electrons. The molecule has 0 aromatic carbocycles. The van der Waals surface area contributed by atoms with Crippen LogP contribution >= 0.6 is 0 Å². The maximum atomic E-state index is 12.6. The van der Waals surface area contributed by atoms with Crippen LogP contribution in [-0.4, -0.2) is 97.4 Å². The number of carbonyl (C=O) groups is 6. The van der Waals surface area contributed by atoms with E-state index >= 15 is 0 Å². The smallest absolute Gasteiger partial charge is 0.326 e. The summed E-state index contributed by atoms with van der Waals surface area (Å²) in [5, 5.41) is 29.2. The van der Waals surface area contributed by atoms with Gasteiger partial charge in [-0.1, -0.05) is 41.5 Å². The van der Waals surface area contributed by atoms with Gasteiger partial charge in [-0.25, -0.2) is 9.59 Å². The van der Waals surface area contributed by atoms with E-state index in [1.807, 2.05) is 6.92 Å². The normalized spacial score (nSPS) is 13.9. The monoisotopic (exact) mass is 644 g/mol. The van der Waals surface area contributed by atoms with Gasteiger partial charge in [0.1, 0.15) is 12.1 Å². The minimum Gasteiger partial charge on any atom is -0.480 e. The molecule has 4 amide bonds. The van der Waals surface area contributed by atoms with E-state index in [1.165, 1.54) is 0 Å². The van der Waals surface area contributed by atoms with Crippen molar-refractivity contribution < 1.29 is 48.5 Å². The molecule has 260 valence electrons. The number of nitrogens with one attached hydrogen (secondary N) is 4. The summed E-state index contributed by atoms with van der Waals surface area (Å²) in [6.45, 7) is 14.1. The van der Waals surface area contributed by atoms with Crippen molar-refractivity contribution in [2.45, 2.75) is 98.6 Å². The molecule has 0 spiro atoms. The van der Waals surface area contributed by atoms with Crippen LogP contribution in [0.25, 0.3) is 0 Å². The van der Waals surface area contributed by atoms with Crippen LogP contribution in [0.4, 0.5) is 0 Å². The Morgan fingerprint density at radius 2 is 1.22 bits per heavy atom. The fraction of sp³-hybridized carbons (Fsp3) is 0.806. The zero-order valence-corrected chi connectivity index (χ0v) is 27.8. The van der Waals surface area contributed by atoms with Gasteiger partial charge in [0.15, 0.2) is 0 Å². The second kappa shape index (κ2) is 24.0. The Kier molecular flexibility index (Phi) is 22.3. The maximum absolute atomic E-state index is 12.6. The summed E-state index contributed by atoms with van der Waals surface area (Å²) >= 11 is 0. The first-order chi connectivity index (χ1) is 21.2. The third-order valence-electron chi connectivity index (χ3n) is 7.43. The van der Waals surface area contributed by atoms with Crippen molar-refractivity contribution in [1.29, 1.82) is 0 Å². The molecule has 0 saturated carbocycles. The minimum absolute atomic E-state index is 0.00206. The van der Waals surface area contributed by atoms with E-state index in [1.54, 1.807) is 13.8 Å². The Hall–Kier alpha value is -3.26. The van der Waals surface area contributed by atoms with E-state index in [4.69, 9.17) is 9.47 Å². The van der Waals surface area contributed by atoms with Crippen molar-refractivity contribution in [3.8, 4) is 0 Å². The van der Waals surface area contributed by atoms with Gasteiger partial charge in [0.2, 0.25) is 23.6 Å². The zero-order chi connectivity index (χ0) is 34.4. The fourth-order valence-corrected chi connectivity index (χ4v) is 3.95. The number of amides is 4. The highest BCUT2D eigenvalue weighted by Crippen LogP contribution is 2.14. The lowest BCUT2D eigenvalue weighted by Gasteiger charge is -2.20. The van der Waals surface area contributed by atoms with Crippen molar-refractivity contribution in [2.24, 2.45) is 23.7 Å². The van der Waals surface area contributed by atoms with Crippen LogP contribution in [0.1, 0.15) is 86.5 Å². The molecule has 6 N–H and O–H groups in total. The number of ether oxygens (including phenoxy) is 2. The molecule has 0 heterocycles. The maximum Gasteiger partial charge on any atom is 0.326 e. The Labute approximate surface area is 267 Å². The summed E-state index contributed by atoms with van der Waals surface area (Å²) in [6.07, 6.45) is 0.422. The van der Waals surface area contributed by atoms with Gasteiger partial charge in [0, 0.05) is 44.4 Å². The summed E-state index contributed by atoms with van der Waals surface area (Å²) in [7, 11) is 0. The van der Waals surface area contributed by atoms with Crippen LogP contribution in [0, 0.1) is 23.7 Å². The van der Waals surface area contributed by atoms with Crippen LogP contribution < -0.4 is 21.3 Å². The second-order valence-electron chi connectivity index (χ2n) is 11.9. The average molecular weight is 645 g/mol. The van der Waals surface area contributed by atoms with Crippen molar-refractivity contribution in [3.05, 3.63) is 0 Å². The highest BCUT2D eigenvalue weighted by Gasteiger charge is 2.26. The van der Waals surface area contributed by atoms with E-state index in [-0.39, 0.29) is 56.4 Å². The molecule has 0 aliphatic rings. The summed E-state index contributed by atoms with van der Waals surface area (Å²) in [5.41, 5.74) is 0. The lowest BCUT2D eigenvalue weighted by Crippen LogP contribution is -2.44. The number of hydrogen-bond donors (Lipinski definition) is 6. The number of carbonyl (C=O) groups excluding carboxylic acids is 4. The Morgan fingerprint density at radius 3 is 1.78 bits per heavy atom. The van der Waals surface area contributed by atoms with E-state index in [0.29, 0.717) is 57.6 Å². The molecule has 14 heteroatoms. The van der Waals surface area contributed by atoms with E-state index in [9.17, 15) is 39.0 Å². The van der Waals surface area contributed by atoms with Gasteiger partial charge < -0.3 is 41.0 Å². The predicted molar refractivity (Wildman–Crippen MR) is 167 cm³/mol. The molecule has 2 unspecified atom stereocenters. The molecular weight excluding hydrogens is 588 g/mol. The van der Waals surface area contributed by atoms with Crippen LogP contribution in [0.15, 0.2) is 0 Å². The lowest BCUT2D eigenvalue weighted by molar-refractivity contribution is -0.143. The molecule has 4 atom stereocenters. The number of aliphatic carboxylic acids is 2. The van der Waals surface area contributed by atoms with Gasteiger partial charge in [-0.05, 0) is 43.9 Å². The van der Waals surface area contributed by atoms with Crippen LogP contribution in [0.3, 0.4) is 0 Å². The topological polar surface area (TPSA) is 209 Å². The SMILES string of the molecule is CCC(CC[C@H](NC(=O)CC[C@H](NC(=O)CCCNC(=O)C(C)C)C(=O)O)C(=O)O)C(=O)NCCOCCOCC(C)C(C)C. The molecule has 0 aromatic heterocycles. The Balaban J connectivity index is 4.51. The summed E-state index contributed by atoms with van der Waals surface area (Å²) < 4.78 is 11.1. The van der Waals surface area contributed by atoms with Gasteiger partial charge in [-0.15, -0.1) is 0 Å². The molecule has 0 aromatic rings. The fourth-order valence-electron chi connectivity index (χ4n) is 3.95. The molecule has 0 rings (SSSR count). The molecule has 0 fully saturated rings. The average Bonchev–Trinajstić information content (AvgIpc) is 2.97. The number of carboxylic acid groups (broad SMARTS) is 2. The van der Waals surface area contributed by atoms with Crippen LogP contribution in [-0.2, 0) is 38.2 Å². The Bertz CT molecular complexity index is 928. The molecular formula is C31H56N4O10. The third kappa shape index (κ3) is 20.4. The molecule has 0 aliphatic heterocycles. The Morgan fingerprint density at radius 1 is 0.667 bits per heavy atom.